The molecule has 0 bridgehead atoms. The Hall–Kier alpha value is -3.65. The van der Waals surface area contributed by atoms with Crippen molar-refractivity contribution in [2.75, 3.05) is 27.6 Å². The normalized spacial score (nSPS) is 13.7. The van der Waals surface area contributed by atoms with E-state index in [0.717, 1.165) is 23.2 Å². The molecule has 8 heteroatoms. The zero-order chi connectivity index (χ0) is 25.0. The topological polar surface area (TPSA) is 86.8 Å². The van der Waals surface area contributed by atoms with Crippen LogP contribution in [0.5, 0.6) is 0 Å². The highest BCUT2D eigenvalue weighted by Gasteiger charge is 2.28. The fraction of sp³-hybridized carbons (Fsp3) is 0.259. The molecule has 0 unspecified atom stereocenters. The Kier molecular flexibility index (Phi) is 7.21. The molecule has 1 aliphatic heterocycles. The number of hydrogen-bond donors (Lipinski definition) is 1. The van der Waals surface area contributed by atoms with Gasteiger partial charge in [-0.05, 0) is 67.8 Å². The lowest BCUT2D eigenvalue weighted by Gasteiger charge is -2.26. The van der Waals surface area contributed by atoms with Gasteiger partial charge in [0.25, 0.3) is 10.0 Å². The van der Waals surface area contributed by atoms with Crippen molar-refractivity contribution in [1.82, 2.24) is 0 Å². The zero-order valence-corrected chi connectivity index (χ0v) is 20.7. The Bertz CT molecular complexity index is 1320. The smallest absolute Gasteiger partial charge is 0.264 e. The number of benzene rings is 3. The third-order valence-electron chi connectivity index (χ3n) is 6.07. The quantitative estimate of drug-likeness (QED) is 0.502. The van der Waals surface area contributed by atoms with E-state index in [1.807, 2.05) is 26.0 Å². The second-order valence-corrected chi connectivity index (χ2v) is 10.4. The third kappa shape index (κ3) is 5.38. The van der Waals surface area contributed by atoms with Crippen LogP contribution in [-0.4, -0.2) is 33.3 Å². The standard InChI is InChI=1S/C27H29N3O4S/c1-3-21-7-4-5-8-25(21)30(35(33,34)24-16-10-20(2)11-17-24)19-26(31)28-22-12-14-23(15-13-22)29-18-6-9-27(29)32/h4-5,7-8,10-17H,3,6,9,18-19H2,1-2H3,(H,28,31). The first-order valence-electron chi connectivity index (χ1n) is 11.7. The molecule has 182 valence electrons. The van der Waals surface area contributed by atoms with Crippen molar-refractivity contribution in [3.8, 4) is 0 Å². The number of para-hydroxylation sites is 1. The van der Waals surface area contributed by atoms with Crippen molar-refractivity contribution in [3.63, 3.8) is 0 Å². The van der Waals surface area contributed by atoms with Gasteiger partial charge in [0.05, 0.1) is 10.6 Å². The molecule has 0 spiro atoms. The van der Waals surface area contributed by atoms with Gasteiger partial charge in [0.15, 0.2) is 0 Å². The van der Waals surface area contributed by atoms with E-state index in [4.69, 9.17) is 0 Å². The summed E-state index contributed by atoms with van der Waals surface area (Å²) in [5.74, 6) is -0.370. The summed E-state index contributed by atoms with van der Waals surface area (Å²) >= 11 is 0. The molecule has 3 aromatic rings. The highest BCUT2D eigenvalue weighted by atomic mass is 32.2. The number of hydrogen-bond acceptors (Lipinski definition) is 4. The van der Waals surface area contributed by atoms with Crippen molar-refractivity contribution in [2.24, 2.45) is 0 Å². The molecule has 0 radical (unpaired) electrons. The SMILES string of the molecule is CCc1ccccc1N(CC(=O)Nc1ccc(N2CCCC2=O)cc1)S(=O)(=O)c1ccc(C)cc1. The van der Waals surface area contributed by atoms with Crippen LogP contribution in [-0.2, 0) is 26.0 Å². The van der Waals surface area contributed by atoms with E-state index >= 15 is 0 Å². The molecule has 1 fully saturated rings. The fourth-order valence-electron chi connectivity index (χ4n) is 4.17. The molecular formula is C27H29N3O4S. The van der Waals surface area contributed by atoms with Gasteiger partial charge in [0.1, 0.15) is 6.54 Å². The number of rotatable bonds is 8. The molecule has 0 aliphatic carbocycles. The van der Waals surface area contributed by atoms with E-state index in [-0.39, 0.29) is 17.3 Å². The minimum Gasteiger partial charge on any atom is -0.325 e. The lowest BCUT2D eigenvalue weighted by molar-refractivity contribution is -0.117. The molecular weight excluding hydrogens is 462 g/mol. The summed E-state index contributed by atoms with van der Waals surface area (Å²) < 4.78 is 28.4. The number of nitrogens with one attached hydrogen (secondary N) is 1. The monoisotopic (exact) mass is 491 g/mol. The predicted octanol–water partition coefficient (Wildman–Crippen LogP) is 4.52. The summed E-state index contributed by atoms with van der Waals surface area (Å²) in [4.78, 5) is 26.9. The van der Waals surface area contributed by atoms with Crippen molar-refractivity contribution < 1.29 is 18.0 Å². The van der Waals surface area contributed by atoms with Gasteiger partial charge in [-0.15, -0.1) is 0 Å². The van der Waals surface area contributed by atoms with Crippen LogP contribution in [0.25, 0.3) is 0 Å². The maximum Gasteiger partial charge on any atom is 0.264 e. The summed E-state index contributed by atoms with van der Waals surface area (Å²) in [6, 6.07) is 20.8. The van der Waals surface area contributed by atoms with Crippen LogP contribution in [0.3, 0.4) is 0 Å². The number of carbonyl (C=O) groups excluding carboxylic acids is 2. The second-order valence-electron chi connectivity index (χ2n) is 8.55. The van der Waals surface area contributed by atoms with E-state index in [2.05, 4.69) is 5.32 Å². The molecule has 1 heterocycles. The number of nitrogens with zero attached hydrogens (tertiary/aromatic N) is 2. The Morgan fingerprint density at radius 2 is 1.69 bits per heavy atom. The first-order chi connectivity index (χ1) is 16.8. The molecule has 0 atom stereocenters. The lowest BCUT2D eigenvalue weighted by Crippen LogP contribution is -2.38. The molecule has 0 aromatic heterocycles. The lowest BCUT2D eigenvalue weighted by atomic mass is 10.1. The van der Waals surface area contributed by atoms with Gasteiger partial charge in [-0.2, -0.15) is 0 Å². The summed E-state index contributed by atoms with van der Waals surface area (Å²) in [5, 5.41) is 2.79. The van der Waals surface area contributed by atoms with E-state index in [1.165, 1.54) is 4.31 Å². The van der Waals surface area contributed by atoms with Gasteiger partial charge in [0.2, 0.25) is 11.8 Å². The molecule has 7 nitrogen and oxygen atoms in total. The summed E-state index contributed by atoms with van der Waals surface area (Å²) in [5.41, 5.74) is 3.57. The van der Waals surface area contributed by atoms with Crippen LogP contribution in [0.15, 0.2) is 77.7 Å². The predicted molar refractivity (Wildman–Crippen MR) is 138 cm³/mol. The molecule has 1 saturated heterocycles. The average Bonchev–Trinajstić information content (AvgIpc) is 3.29. The van der Waals surface area contributed by atoms with Gasteiger partial charge in [-0.25, -0.2) is 8.42 Å². The highest BCUT2D eigenvalue weighted by molar-refractivity contribution is 7.92. The number of sulfonamides is 1. The van der Waals surface area contributed by atoms with E-state index in [1.54, 1.807) is 65.6 Å². The molecule has 2 amide bonds. The molecule has 3 aromatic carbocycles. The summed E-state index contributed by atoms with van der Waals surface area (Å²) in [7, 11) is -3.99. The van der Waals surface area contributed by atoms with Gasteiger partial charge in [0, 0.05) is 24.3 Å². The Morgan fingerprint density at radius 3 is 2.31 bits per heavy atom. The van der Waals surface area contributed by atoms with Crippen molar-refractivity contribution in [1.29, 1.82) is 0 Å². The Labute approximate surface area is 206 Å². The second kappa shape index (κ2) is 10.3. The third-order valence-corrected chi connectivity index (χ3v) is 7.85. The first-order valence-corrected chi connectivity index (χ1v) is 13.1. The maximum atomic E-state index is 13.6. The maximum absolute atomic E-state index is 13.6. The molecule has 35 heavy (non-hydrogen) atoms. The molecule has 4 rings (SSSR count). The fourth-order valence-corrected chi connectivity index (χ4v) is 5.63. The summed E-state index contributed by atoms with van der Waals surface area (Å²) in [6.07, 6.45) is 2.00. The van der Waals surface area contributed by atoms with Crippen LogP contribution in [0.1, 0.15) is 30.9 Å². The van der Waals surface area contributed by atoms with Gasteiger partial charge in [-0.1, -0.05) is 42.8 Å². The van der Waals surface area contributed by atoms with E-state index in [0.29, 0.717) is 30.8 Å². The number of anilines is 3. The van der Waals surface area contributed by atoms with Crippen molar-refractivity contribution in [2.45, 2.75) is 38.0 Å². The Morgan fingerprint density at radius 1 is 1.00 bits per heavy atom. The minimum absolute atomic E-state index is 0.0910. The highest BCUT2D eigenvalue weighted by Crippen LogP contribution is 2.28. The van der Waals surface area contributed by atoms with Crippen LogP contribution in [0.4, 0.5) is 17.1 Å². The van der Waals surface area contributed by atoms with Gasteiger partial charge < -0.3 is 10.2 Å². The van der Waals surface area contributed by atoms with E-state index < -0.39 is 15.9 Å². The van der Waals surface area contributed by atoms with E-state index in [9.17, 15) is 18.0 Å². The van der Waals surface area contributed by atoms with Crippen molar-refractivity contribution >= 4 is 38.9 Å². The number of aryl methyl sites for hydroxylation is 2. The summed E-state index contributed by atoms with van der Waals surface area (Å²) in [6.45, 7) is 4.15. The van der Waals surface area contributed by atoms with Crippen LogP contribution in [0, 0.1) is 6.92 Å². The number of carbonyl (C=O) groups is 2. The van der Waals surface area contributed by atoms with Crippen LogP contribution in [0.2, 0.25) is 0 Å². The molecule has 1 N–H and O–H groups in total. The Balaban J connectivity index is 1.59. The zero-order valence-electron chi connectivity index (χ0n) is 19.9. The van der Waals surface area contributed by atoms with Crippen molar-refractivity contribution in [3.05, 3.63) is 83.9 Å². The minimum atomic E-state index is -3.99. The molecule has 1 aliphatic rings. The molecule has 0 saturated carbocycles. The largest absolute Gasteiger partial charge is 0.325 e. The number of amides is 2. The first kappa shape index (κ1) is 24.5. The van der Waals surface area contributed by atoms with Gasteiger partial charge in [-0.3, -0.25) is 13.9 Å². The van der Waals surface area contributed by atoms with Gasteiger partial charge >= 0.3 is 0 Å². The average molecular weight is 492 g/mol. The van der Waals surface area contributed by atoms with Crippen LogP contribution < -0.4 is 14.5 Å². The van der Waals surface area contributed by atoms with Crippen LogP contribution >= 0.6 is 0 Å².